The third kappa shape index (κ3) is 4.83. The highest BCUT2D eigenvalue weighted by Crippen LogP contribution is 2.28. The lowest BCUT2D eigenvalue weighted by Crippen LogP contribution is -2.28. The van der Waals surface area contributed by atoms with Gasteiger partial charge in [0.15, 0.2) is 0 Å². The molecule has 176 valence electrons. The zero-order valence-corrected chi connectivity index (χ0v) is 20.3. The number of carbonyl (C=O) groups excluding carboxylic acids is 1. The maximum Gasteiger partial charge on any atom is 0.308 e. The largest absolute Gasteiger partial charge is 0.496 e. The lowest BCUT2D eigenvalue weighted by Gasteiger charge is -2.17. The van der Waals surface area contributed by atoms with E-state index in [1.54, 1.807) is 34.9 Å². The molecule has 1 saturated heterocycles. The van der Waals surface area contributed by atoms with Crippen LogP contribution in [0.1, 0.15) is 31.7 Å². The predicted molar refractivity (Wildman–Crippen MR) is 130 cm³/mol. The summed E-state index contributed by atoms with van der Waals surface area (Å²) in [5.41, 5.74) is 2.14. The fraction of sp³-hybridized carbons (Fsp3) is 0.391. The number of nitrogens with zero attached hydrogens (tertiary/aromatic N) is 2. The topological polar surface area (TPSA) is 97.7 Å². The first kappa shape index (κ1) is 23.5. The quantitative estimate of drug-likeness (QED) is 0.523. The number of amides is 1. The number of hydrogen-bond donors (Lipinski definition) is 1. The summed E-state index contributed by atoms with van der Waals surface area (Å²) in [6.07, 6.45) is 2.23. The van der Waals surface area contributed by atoms with Crippen molar-refractivity contribution in [2.24, 2.45) is 0 Å². The second kappa shape index (κ2) is 9.66. The molecule has 1 aliphatic heterocycles. The van der Waals surface area contributed by atoms with Crippen LogP contribution in [0.25, 0.3) is 10.2 Å². The second-order valence-electron chi connectivity index (χ2n) is 7.93. The Labute approximate surface area is 196 Å². The number of aromatic nitrogens is 1. The van der Waals surface area contributed by atoms with Gasteiger partial charge in [-0.1, -0.05) is 11.3 Å². The highest BCUT2D eigenvalue weighted by Gasteiger charge is 2.27. The van der Waals surface area contributed by atoms with E-state index in [9.17, 15) is 18.0 Å². The molecule has 0 bridgehead atoms. The first-order valence-electron chi connectivity index (χ1n) is 10.9. The van der Waals surface area contributed by atoms with E-state index in [0.717, 1.165) is 34.4 Å². The van der Waals surface area contributed by atoms with E-state index in [2.05, 4.69) is 5.32 Å². The van der Waals surface area contributed by atoms with Crippen LogP contribution in [0.5, 0.6) is 5.75 Å². The molecule has 1 fully saturated rings. The number of fused-ring (bicyclic) bond motifs is 1. The fourth-order valence-electron chi connectivity index (χ4n) is 4.10. The first-order valence-corrected chi connectivity index (χ1v) is 13.2. The van der Waals surface area contributed by atoms with Gasteiger partial charge in [-0.2, -0.15) is 4.31 Å². The molecule has 4 rings (SSSR count). The Morgan fingerprint density at radius 2 is 1.91 bits per heavy atom. The molecule has 0 radical (unpaired) electrons. The molecule has 2 aromatic carbocycles. The summed E-state index contributed by atoms with van der Waals surface area (Å²) in [5, 5.41) is 2.87. The smallest absolute Gasteiger partial charge is 0.308 e. The zero-order valence-electron chi connectivity index (χ0n) is 18.7. The first-order chi connectivity index (χ1) is 15.8. The number of nitrogens with one attached hydrogen (secondary N) is 1. The van der Waals surface area contributed by atoms with Crippen molar-refractivity contribution < 1.29 is 17.9 Å². The van der Waals surface area contributed by atoms with Crippen LogP contribution in [0, 0.1) is 0 Å². The van der Waals surface area contributed by atoms with Crippen LogP contribution in [0.4, 0.5) is 5.69 Å². The van der Waals surface area contributed by atoms with E-state index < -0.39 is 10.0 Å². The van der Waals surface area contributed by atoms with Crippen LogP contribution < -0.4 is 14.9 Å². The Balaban J connectivity index is 1.47. The van der Waals surface area contributed by atoms with Crippen molar-refractivity contribution in [1.82, 2.24) is 8.87 Å². The Bertz CT molecular complexity index is 1340. The molecule has 1 N–H and O–H groups in total. The molecule has 33 heavy (non-hydrogen) atoms. The predicted octanol–water partition coefficient (Wildman–Crippen LogP) is 3.45. The van der Waals surface area contributed by atoms with Gasteiger partial charge in [0, 0.05) is 31.7 Å². The zero-order chi connectivity index (χ0) is 23.6. The summed E-state index contributed by atoms with van der Waals surface area (Å²) in [5.74, 6) is 0.349. The normalized spacial score (nSPS) is 14.6. The lowest BCUT2D eigenvalue weighted by atomic mass is 10.1. The summed E-state index contributed by atoms with van der Waals surface area (Å²) in [7, 11) is -2.02. The minimum Gasteiger partial charge on any atom is -0.496 e. The van der Waals surface area contributed by atoms with Gasteiger partial charge in [0.1, 0.15) is 5.75 Å². The van der Waals surface area contributed by atoms with Gasteiger partial charge in [-0.15, -0.1) is 0 Å². The SMILES string of the molecule is CCn1c(=O)sc2cc(NC(=O)CCc3cc(S(=O)(=O)N4CCCC4)ccc3OC)ccc21. The second-order valence-corrected chi connectivity index (χ2v) is 10.9. The number of aryl methyl sites for hydroxylation is 2. The number of rotatable bonds is 8. The van der Waals surface area contributed by atoms with Crippen LogP contribution in [-0.4, -0.2) is 43.4 Å². The van der Waals surface area contributed by atoms with Crippen LogP contribution in [-0.2, 0) is 27.8 Å². The fourth-order valence-corrected chi connectivity index (χ4v) is 6.67. The minimum absolute atomic E-state index is 0.0214. The summed E-state index contributed by atoms with van der Waals surface area (Å²) in [6.45, 7) is 3.58. The molecule has 1 aliphatic rings. The van der Waals surface area contributed by atoms with Crippen molar-refractivity contribution in [3.8, 4) is 5.75 Å². The summed E-state index contributed by atoms with van der Waals surface area (Å²) in [6, 6.07) is 10.2. The third-order valence-corrected chi connectivity index (χ3v) is 8.68. The van der Waals surface area contributed by atoms with E-state index in [4.69, 9.17) is 4.74 Å². The van der Waals surface area contributed by atoms with Crippen molar-refractivity contribution in [3.05, 3.63) is 51.6 Å². The number of benzene rings is 2. The minimum atomic E-state index is -3.55. The Morgan fingerprint density at radius 1 is 1.15 bits per heavy atom. The molecule has 1 amide bonds. The average Bonchev–Trinajstić information content (AvgIpc) is 3.45. The highest BCUT2D eigenvalue weighted by molar-refractivity contribution is 7.89. The summed E-state index contributed by atoms with van der Waals surface area (Å²) < 4.78 is 35.2. The van der Waals surface area contributed by atoms with Gasteiger partial charge < -0.3 is 10.1 Å². The number of anilines is 1. The molecule has 0 saturated carbocycles. The van der Waals surface area contributed by atoms with E-state index >= 15 is 0 Å². The molecular formula is C23H27N3O5S2. The van der Waals surface area contributed by atoms with Crippen LogP contribution >= 0.6 is 11.3 Å². The number of ether oxygens (including phenoxy) is 1. The molecule has 10 heteroatoms. The molecule has 3 aromatic rings. The van der Waals surface area contributed by atoms with E-state index in [1.807, 2.05) is 13.0 Å². The summed E-state index contributed by atoms with van der Waals surface area (Å²) in [4.78, 5) is 24.8. The molecule has 0 unspecified atom stereocenters. The van der Waals surface area contributed by atoms with Gasteiger partial charge in [-0.05, 0) is 68.1 Å². The van der Waals surface area contributed by atoms with Gasteiger partial charge in [0.2, 0.25) is 15.9 Å². The molecule has 1 aromatic heterocycles. The average molecular weight is 490 g/mol. The maximum atomic E-state index is 12.9. The molecule has 0 aliphatic carbocycles. The molecule has 8 nitrogen and oxygen atoms in total. The lowest BCUT2D eigenvalue weighted by molar-refractivity contribution is -0.116. The third-order valence-electron chi connectivity index (χ3n) is 5.84. The van der Waals surface area contributed by atoms with Gasteiger partial charge in [-0.25, -0.2) is 8.42 Å². The van der Waals surface area contributed by atoms with Crippen molar-refractivity contribution in [2.45, 2.75) is 44.0 Å². The molecule has 0 atom stereocenters. The van der Waals surface area contributed by atoms with Crippen LogP contribution in [0.3, 0.4) is 0 Å². The van der Waals surface area contributed by atoms with E-state index in [0.29, 0.717) is 43.1 Å². The monoisotopic (exact) mass is 489 g/mol. The highest BCUT2D eigenvalue weighted by atomic mass is 32.2. The van der Waals surface area contributed by atoms with Gasteiger partial charge in [0.05, 0.1) is 22.2 Å². The number of thiazole rings is 1. The van der Waals surface area contributed by atoms with E-state index in [-0.39, 0.29) is 22.1 Å². The molecular weight excluding hydrogens is 462 g/mol. The Hall–Kier alpha value is -2.69. The Kier molecular flexibility index (Phi) is 6.87. The maximum absolute atomic E-state index is 12.9. The Morgan fingerprint density at radius 3 is 2.61 bits per heavy atom. The van der Waals surface area contributed by atoms with Crippen molar-refractivity contribution in [1.29, 1.82) is 0 Å². The van der Waals surface area contributed by atoms with Gasteiger partial charge >= 0.3 is 4.87 Å². The van der Waals surface area contributed by atoms with Crippen LogP contribution in [0.15, 0.2) is 46.1 Å². The van der Waals surface area contributed by atoms with Crippen molar-refractivity contribution in [3.63, 3.8) is 0 Å². The molecule has 2 heterocycles. The number of hydrogen-bond acceptors (Lipinski definition) is 6. The van der Waals surface area contributed by atoms with Gasteiger partial charge in [0.25, 0.3) is 0 Å². The number of sulfonamides is 1. The summed E-state index contributed by atoms with van der Waals surface area (Å²) >= 11 is 1.15. The standard InChI is InChI=1S/C23H27N3O5S2/c1-3-26-19-9-7-17(15-21(19)32-23(26)28)24-22(27)11-6-16-14-18(8-10-20(16)31-2)33(29,30)25-12-4-5-13-25/h7-10,14-15H,3-6,11-13H2,1-2H3,(H,24,27). The van der Waals surface area contributed by atoms with E-state index in [1.165, 1.54) is 11.4 Å². The van der Waals surface area contributed by atoms with Gasteiger partial charge in [-0.3, -0.25) is 14.2 Å². The number of carbonyl (C=O) groups is 1. The van der Waals surface area contributed by atoms with Crippen molar-refractivity contribution >= 4 is 43.2 Å². The number of methoxy groups -OCH3 is 1. The van der Waals surface area contributed by atoms with Crippen LogP contribution in [0.2, 0.25) is 0 Å². The van der Waals surface area contributed by atoms with Crippen molar-refractivity contribution in [2.75, 3.05) is 25.5 Å². The molecule has 0 spiro atoms.